The molecule has 1 amide bonds. The third kappa shape index (κ3) is 10.9. The molecule has 1 saturated heterocycles. The summed E-state index contributed by atoms with van der Waals surface area (Å²) in [6, 6.07) is 10.1. The number of likely N-dealkylation sites (tertiary alicyclic amines) is 1. The minimum atomic E-state index is -0.294. The lowest BCUT2D eigenvalue weighted by Crippen LogP contribution is -2.37. The fourth-order valence-electron chi connectivity index (χ4n) is 5.65. The van der Waals surface area contributed by atoms with Crippen LogP contribution >= 0.6 is 11.8 Å². The average molecular weight is 648 g/mol. The highest BCUT2D eigenvalue weighted by molar-refractivity contribution is 7.98. The number of carbonyl (C=O) groups is 2. The van der Waals surface area contributed by atoms with E-state index >= 15 is 0 Å². The first-order valence-corrected chi connectivity index (χ1v) is 17.9. The van der Waals surface area contributed by atoms with Crippen molar-refractivity contribution in [2.75, 3.05) is 38.2 Å². The van der Waals surface area contributed by atoms with Crippen molar-refractivity contribution in [3.63, 3.8) is 0 Å². The Labute approximate surface area is 277 Å². The van der Waals surface area contributed by atoms with Gasteiger partial charge in [-0.15, -0.1) is 0 Å². The molecule has 6 rings (SSSR count). The smallest absolute Gasteiger partial charge is 0.339 e. The van der Waals surface area contributed by atoms with Crippen molar-refractivity contribution >= 4 is 35.0 Å². The molecular weight excluding hydrogens is 598 g/mol. The third-order valence-electron chi connectivity index (χ3n) is 8.27. The summed E-state index contributed by atoms with van der Waals surface area (Å²) in [5, 5.41) is 4.08. The first kappa shape index (κ1) is 35.1. The number of ether oxygens (including phenoxy) is 2. The van der Waals surface area contributed by atoms with Crippen LogP contribution in [0.3, 0.4) is 0 Å². The van der Waals surface area contributed by atoms with Crippen molar-refractivity contribution in [1.82, 2.24) is 24.8 Å². The minimum Gasteiger partial charge on any atom is -0.493 e. The second-order valence-electron chi connectivity index (χ2n) is 11.9. The highest BCUT2D eigenvalue weighted by Gasteiger charge is 2.22. The van der Waals surface area contributed by atoms with Crippen LogP contribution in [0.15, 0.2) is 66.7 Å². The number of piperidine rings is 1. The maximum absolute atomic E-state index is 11.8. The topological polar surface area (TPSA) is 98.6 Å². The summed E-state index contributed by atoms with van der Waals surface area (Å²) in [4.78, 5) is 32.6. The summed E-state index contributed by atoms with van der Waals surface area (Å²) in [7, 11) is 0. The summed E-state index contributed by atoms with van der Waals surface area (Å²) in [6.45, 7) is 7.07. The molecule has 0 atom stereocenters. The standard InChI is InChI=1S/C17H19N3OS.C12H16N2O3.C7H14/c1-13-18-9-7-17(19-13)20-10-8-14-15(20)5-3-6-16(14)21-11-4-12-22-2;15-9-14-6-3-11(4-7-14)17-12(16)10-2-1-5-13-8-10;1-7-5-3-2-4-6-7/h3,5-10H,4,11-12H2,1-2H3;1-2,8-9,11,13H,3-7H2;7H,2-6H2,1H3. The van der Waals surface area contributed by atoms with Crippen LogP contribution in [0.25, 0.3) is 16.7 Å². The summed E-state index contributed by atoms with van der Waals surface area (Å²) in [5.41, 5.74) is 1.65. The molecule has 1 N–H and O–H groups in total. The predicted molar refractivity (Wildman–Crippen MR) is 186 cm³/mol. The van der Waals surface area contributed by atoms with E-state index in [4.69, 9.17) is 9.47 Å². The molecule has 1 aliphatic carbocycles. The van der Waals surface area contributed by atoms with E-state index in [0.717, 1.165) is 78.8 Å². The van der Waals surface area contributed by atoms with Gasteiger partial charge in [0.15, 0.2) is 0 Å². The quantitative estimate of drug-likeness (QED) is 0.157. The second kappa shape index (κ2) is 19.0. The largest absolute Gasteiger partial charge is 0.493 e. The third-order valence-corrected chi connectivity index (χ3v) is 8.97. The molecule has 46 heavy (non-hydrogen) atoms. The van der Waals surface area contributed by atoms with Crippen LogP contribution in [0.1, 0.15) is 64.1 Å². The molecule has 3 aromatic rings. The number of fused-ring (bicyclic) bond motifs is 1. The Bertz CT molecular complexity index is 1440. The number of dihydropyridines is 1. The van der Waals surface area contributed by atoms with Gasteiger partial charge in [0.05, 0.1) is 17.7 Å². The number of rotatable bonds is 9. The van der Waals surface area contributed by atoms with Gasteiger partial charge in [-0.3, -0.25) is 4.79 Å². The minimum absolute atomic E-state index is 0.0741. The normalized spacial score (nSPS) is 16.7. The maximum atomic E-state index is 11.8. The molecular formula is C36H49N5O4S. The number of hydrogen-bond donors (Lipinski definition) is 1. The van der Waals surface area contributed by atoms with Crippen LogP contribution in [-0.2, 0) is 14.3 Å². The van der Waals surface area contributed by atoms with E-state index in [-0.39, 0.29) is 12.1 Å². The number of hydrogen-bond acceptors (Lipinski definition) is 8. The Kier molecular flexibility index (Phi) is 14.5. The van der Waals surface area contributed by atoms with Crippen LogP contribution < -0.4 is 10.1 Å². The van der Waals surface area contributed by atoms with Gasteiger partial charge >= 0.3 is 5.97 Å². The van der Waals surface area contributed by atoms with E-state index in [2.05, 4.69) is 45.2 Å². The number of thioether (sulfide) groups is 1. The molecule has 0 bridgehead atoms. The maximum Gasteiger partial charge on any atom is 0.339 e. The summed E-state index contributed by atoms with van der Waals surface area (Å²) in [5.74, 6) is 4.44. The number of nitrogens with one attached hydrogen (secondary N) is 1. The van der Waals surface area contributed by atoms with Gasteiger partial charge in [0.25, 0.3) is 0 Å². The van der Waals surface area contributed by atoms with Gasteiger partial charge < -0.3 is 24.3 Å². The van der Waals surface area contributed by atoms with Crippen LogP contribution in [0, 0.1) is 12.8 Å². The molecule has 0 radical (unpaired) electrons. The van der Waals surface area contributed by atoms with Gasteiger partial charge in [-0.25, -0.2) is 14.8 Å². The lowest BCUT2D eigenvalue weighted by Gasteiger charge is -2.29. The molecule has 4 heterocycles. The number of amides is 1. The molecule has 1 saturated carbocycles. The monoisotopic (exact) mass is 647 g/mol. The van der Waals surface area contributed by atoms with Crippen molar-refractivity contribution in [3.8, 4) is 11.6 Å². The fourth-order valence-corrected chi connectivity index (χ4v) is 6.06. The van der Waals surface area contributed by atoms with Crippen molar-refractivity contribution in [2.24, 2.45) is 5.92 Å². The van der Waals surface area contributed by atoms with Crippen molar-refractivity contribution in [1.29, 1.82) is 0 Å². The van der Waals surface area contributed by atoms with Crippen molar-refractivity contribution in [3.05, 3.63) is 72.5 Å². The van der Waals surface area contributed by atoms with E-state index in [1.807, 2.05) is 49.2 Å². The second-order valence-corrected chi connectivity index (χ2v) is 12.9. The number of nitrogens with zero attached hydrogens (tertiary/aromatic N) is 4. The van der Waals surface area contributed by atoms with Gasteiger partial charge in [-0.2, -0.15) is 11.8 Å². The molecule has 2 fully saturated rings. The molecule has 0 spiro atoms. The van der Waals surface area contributed by atoms with E-state index < -0.39 is 0 Å². The Morgan fingerprint density at radius 3 is 2.57 bits per heavy atom. The number of esters is 1. The van der Waals surface area contributed by atoms with Gasteiger partial charge in [-0.05, 0) is 61.6 Å². The zero-order chi connectivity index (χ0) is 32.6. The van der Waals surface area contributed by atoms with Gasteiger partial charge in [-0.1, -0.05) is 51.2 Å². The number of carbonyl (C=O) groups excluding carboxylic acids is 2. The van der Waals surface area contributed by atoms with E-state index in [0.29, 0.717) is 18.7 Å². The van der Waals surface area contributed by atoms with Crippen LogP contribution in [0.2, 0.25) is 0 Å². The molecule has 2 aliphatic heterocycles. The zero-order valence-electron chi connectivity index (χ0n) is 27.5. The Balaban J connectivity index is 0.000000176. The van der Waals surface area contributed by atoms with Gasteiger partial charge in [0.2, 0.25) is 6.41 Å². The highest BCUT2D eigenvalue weighted by atomic mass is 32.2. The van der Waals surface area contributed by atoms with E-state index in [1.54, 1.807) is 23.4 Å². The van der Waals surface area contributed by atoms with E-state index in [9.17, 15) is 9.59 Å². The highest BCUT2D eigenvalue weighted by Crippen LogP contribution is 2.28. The van der Waals surface area contributed by atoms with Crippen molar-refractivity contribution < 1.29 is 19.1 Å². The fraction of sp³-hybridized carbons (Fsp3) is 0.500. The van der Waals surface area contributed by atoms with Gasteiger partial charge in [0.1, 0.15) is 23.5 Å². The lowest BCUT2D eigenvalue weighted by atomic mass is 9.91. The molecule has 3 aliphatic rings. The SMILES string of the molecule is CC1CCCCC1.CSCCCOc1cccc2c1ccn2-c1ccnc(C)n1.O=CN1CCC(OC(=O)C2=CNCC=C2)CC1. The van der Waals surface area contributed by atoms with Gasteiger partial charge in [0, 0.05) is 56.5 Å². The zero-order valence-corrected chi connectivity index (χ0v) is 28.3. The predicted octanol–water partition coefficient (Wildman–Crippen LogP) is 6.64. The molecule has 9 nitrogen and oxygen atoms in total. The van der Waals surface area contributed by atoms with Crippen LogP contribution in [0.4, 0.5) is 0 Å². The lowest BCUT2D eigenvalue weighted by molar-refractivity contribution is -0.146. The summed E-state index contributed by atoms with van der Waals surface area (Å²) < 4.78 is 13.4. The molecule has 2 aromatic heterocycles. The number of benzene rings is 1. The molecule has 248 valence electrons. The van der Waals surface area contributed by atoms with E-state index in [1.165, 1.54) is 32.1 Å². The number of aryl methyl sites for hydroxylation is 1. The average Bonchev–Trinajstić information content (AvgIpc) is 3.54. The first-order valence-electron chi connectivity index (χ1n) is 16.5. The van der Waals surface area contributed by atoms with Crippen LogP contribution in [-0.4, -0.2) is 76.2 Å². The Morgan fingerprint density at radius 2 is 1.91 bits per heavy atom. The first-order chi connectivity index (χ1) is 22.5. The number of aromatic nitrogens is 3. The van der Waals surface area contributed by atoms with Crippen LogP contribution in [0.5, 0.6) is 5.75 Å². The summed E-state index contributed by atoms with van der Waals surface area (Å²) >= 11 is 1.84. The summed E-state index contributed by atoms with van der Waals surface area (Å²) in [6.07, 6.45) is 21.9. The molecule has 1 aromatic carbocycles. The Morgan fingerprint density at radius 1 is 1.11 bits per heavy atom. The molecule has 10 heteroatoms. The molecule has 0 unspecified atom stereocenters. The Hall–Kier alpha value is -3.79. The van der Waals surface area contributed by atoms with Crippen molar-refractivity contribution in [2.45, 2.75) is 71.3 Å².